The third-order valence-electron chi connectivity index (χ3n) is 3.67. The summed E-state index contributed by atoms with van der Waals surface area (Å²) in [5.41, 5.74) is 5.34. The Bertz CT molecular complexity index is 596. The van der Waals surface area contributed by atoms with Crippen molar-refractivity contribution in [1.82, 2.24) is 0 Å². The number of nitrogens with two attached hydrogens (primary N) is 1. The predicted molar refractivity (Wildman–Crippen MR) is 93.0 cm³/mol. The first kappa shape index (κ1) is 24.8. The van der Waals surface area contributed by atoms with E-state index in [1.54, 1.807) is 0 Å². The minimum Gasteiger partial charge on any atom is -0.463 e. The van der Waals surface area contributed by atoms with Crippen LogP contribution in [0.25, 0.3) is 0 Å². The number of hydrogen-bond donors (Lipinski definition) is 2. The molecule has 0 amide bonds. The van der Waals surface area contributed by atoms with E-state index in [1.807, 2.05) is 0 Å². The largest absolute Gasteiger partial charge is 0.463 e. The van der Waals surface area contributed by atoms with Gasteiger partial charge in [0.25, 0.3) is 0 Å². The highest BCUT2D eigenvalue weighted by molar-refractivity contribution is 5.68. The van der Waals surface area contributed by atoms with Gasteiger partial charge in [-0.05, 0) is 0 Å². The number of carbonyl (C=O) groups is 4. The fraction of sp³-hybridized carbons (Fsp3) is 0.765. The van der Waals surface area contributed by atoms with Crippen molar-refractivity contribution < 1.29 is 52.7 Å². The van der Waals surface area contributed by atoms with Crippen LogP contribution < -0.4 is 5.73 Å². The van der Waals surface area contributed by atoms with Gasteiger partial charge in [-0.3, -0.25) is 19.2 Å². The fourth-order valence-corrected chi connectivity index (χ4v) is 2.60. The zero-order valence-corrected chi connectivity index (χ0v) is 16.7. The maximum Gasteiger partial charge on any atom is 0.303 e. The summed E-state index contributed by atoms with van der Waals surface area (Å²) >= 11 is 0. The molecule has 1 aliphatic rings. The van der Waals surface area contributed by atoms with Crippen LogP contribution >= 0.6 is 0 Å². The number of carbonyl (C=O) groups excluding carboxylic acids is 4. The van der Waals surface area contributed by atoms with Crippen molar-refractivity contribution in [3.8, 4) is 0 Å². The lowest BCUT2D eigenvalue weighted by Gasteiger charge is -2.44. The molecular formula is C17H27NO11. The van der Waals surface area contributed by atoms with Crippen LogP contribution in [0.1, 0.15) is 27.7 Å². The third-order valence-corrected chi connectivity index (χ3v) is 3.67. The molecule has 1 saturated heterocycles. The molecule has 0 radical (unpaired) electrons. The van der Waals surface area contributed by atoms with Gasteiger partial charge in [-0.2, -0.15) is 0 Å². The SMILES string of the molecule is CC(=O)OC[C@H]1O[C@@H](OCC(O)CN)[C@H](OC(C)=O)[C@@H](OC(C)=O)[C@H]1OC(C)=O. The summed E-state index contributed by atoms with van der Waals surface area (Å²) < 4.78 is 31.7. The summed E-state index contributed by atoms with van der Waals surface area (Å²) in [7, 11) is 0. The van der Waals surface area contributed by atoms with Gasteiger partial charge in [-0.1, -0.05) is 0 Å². The Morgan fingerprint density at radius 1 is 0.897 bits per heavy atom. The molecule has 0 aliphatic carbocycles. The molecular weight excluding hydrogens is 394 g/mol. The molecule has 1 aliphatic heterocycles. The summed E-state index contributed by atoms with van der Waals surface area (Å²) in [6.45, 7) is 3.75. The van der Waals surface area contributed by atoms with Crippen LogP contribution in [0, 0.1) is 0 Å². The molecule has 1 heterocycles. The molecule has 1 fully saturated rings. The molecule has 29 heavy (non-hydrogen) atoms. The van der Waals surface area contributed by atoms with Gasteiger partial charge in [0.05, 0.1) is 12.7 Å². The number of aliphatic hydroxyl groups excluding tert-OH is 1. The molecule has 0 aromatic rings. The van der Waals surface area contributed by atoms with Crippen LogP contribution in [0.4, 0.5) is 0 Å². The van der Waals surface area contributed by atoms with Crippen LogP contribution in [0.2, 0.25) is 0 Å². The van der Waals surface area contributed by atoms with Crippen LogP contribution in [0.5, 0.6) is 0 Å². The number of rotatable bonds is 9. The van der Waals surface area contributed by atoms with E-state index in [0.29, 0.717) is 0 Å². The van der Waals surface area contributed by atoms with Crippen LogP contribution in [0.15, 0.2) is 0 Å². The Hall–Kier alpha value is -2.28. The smallest absolute Gasteiger partial charge is 0.303 e. The van der Waals surface area contributed by atoms with Crippen molar-refractivity contribution in [2.75, 3.05) is 19.8 Å². The zero-order valence-electron chi connectivity index (χ0n) is 16.7. The van der Waals surface area contributed by atoms with Crippen LogP contribution in [-0.2, 0) is 47.6 Å². The number of aliphatic hydroxyl groups is 1. The Labute approximate surface area is 167 Å². The minimum absolute atomic E-state index is 0.106. The molecule has 0 saturated carbocycles. The first-order valence-electron chi connectivity index (χ1n) is 8.85. The van der Waals surface area contributed by atoms with Crippen LogP contribution in [-0.4, -0.2) is 85.6 Å². The summed E-state index contributed by atoms with van der Waals surface area (Å²) in [6.07, 6.45) is -7.41. The summed E-state index contributed by atoms with van der Waals surface area (Å²) in [4.78, 5) is 46.0. The predicted octanol–water partition coefficient (Wildman–Crippen LogP) is -1.59. The zero-order chi connectivity index (χ0) is 22.1. The second-order valence-electron chi connectivity index (χ2n) is 6.29. The fourth-order valence-electron chi connectivity index (χ4n) is 2.60. The highest BCUT2D eigenvalue weighted by atomic mass is 16.7. The van der Waals surface area contributed by atoms with Gasteiger partial charge in [-0.25, -0.2) is 0 Å². The normalized spacial score (nSPS) is 27.4. The molecule has 1 unspecified atom stereocenters. The van der Waals surface area contributed by atoms with Gasteiger partial charge >= 0.3 is 23.9 Å². The highest BCUT2D eigenvalue weighted by Gasteiger charge is 2.52. The van der Waals surface area contributed by atoms with Crippen molar-refractivity contribution in [3.05, 3.63) is 0 Å². The Morgan fingerprint density at radius 2 is 1.41 bits per heavy atom. The molecule has 166 valence electrons. The molecule has 12 nitrogen and oxygen atoms in total. The van der Waals surface area contributed by atoms with Gasteiger partial charge < -0.3 is 39.3 Å². The lowest BCUT2D eigenvalue weighted by atomic mass is 9.98. The van der Waals surface area contributed by atoms with Crippen molar-refractivity contribution in [2.24, 2.45) is 5.73 Å². The highest BCUT2D eigenvalue weighted by Crippen LogP contribution is 2.30. The summed E-state index contributed by atoms with van der Waals surface area (Å²) in [5, 5.41) is 9.64. The van der Waals surface area contributed by atoms with Gasteiger partial charge in [0.1, 0.15) is 12.7 Å². The summed E-state index contributed by atoms with van der Waals surface area (Å²) in [5.74, 6) is -2.86. The Morgan fingerprint density at radius 3 is 1.90 bits per heavy atom. The first-order chi connectivity index (χ1) is 13.5. The van der Waals surface area contributed by atoms with Crippen molar-refractivity contribution in [3.63, 3.8) is 0 Å². The Balaban J connectivity index is 3.24. The van der Waals surface area contributed by atoms with E-state index >= 15 is 0 Å². The molecule has 0 aromatic heterocycles. The molecule has 0 aromatic carbocycles. The third kappa shape index (κ3) is 8.31. The molecule has 1 rings (SSSR count). The van der Waals surface area contributed by atoms with Crippen molar-refractivity contribution in [2.45, 2.75) is 64.5 Å². The maximum atomic E-state index is 11.6. The number of ether oxygens (including phenoxy) is 6. The monoisotopic (exact) mass is 421 g/mol. The van der Waals surface area contributed by atoms with E-state index in [4.69, 9.17) is 34.2 Å². The van der Waals surface area contributed by atoms with Crippen molar-refractivity contribution >= 4 is 23.9 Å². The van der Waals surface area contributed by atoms with E-state index in [-0.39, 0.29) is 19.8 Å². The van der Waals surface area contributed by atoms with E-state index in [9.17, 15) is 24.3 Å². The number of hydrogen-bond acceptors (Lipinski definition) is 12. The van der Waals surface area contributed by atoms with Gasteiger partial charge in [0, 0.05) is 34.2 Å². The lowest BCUT2D eigenvalue weighted by molar-refractivity contribution is -0.310. The molecule has 0 bridgehead atoms. The van der Waals surface area contributed by atoms with Gasteiger partial charge in [0.15, 0.2) is 24.6 Å². The van der Waals surface area contributed by atoms with Gasteiger partial charge in [-0.15, -0.1) is 0 Å². The van der Waals surface area contributed by atoms with Gasteiger partial charge in [0.2, 0.25) is 0 Å². The van der Waals surface area contributed by atoms with E-state index < -0.39 is 60.7 Å². The second kappa shape index (κ2) is 11.7. The average Bonchev–Trinajstić information content (AvgIpc) is 2.60. The second-order valence-corrected chi connectivity index (χ2v) is 6.29. The van der Waals surface area contributed by atoms with Crippen LogP contribution in [0.3, 0.4) is 0 Å². The molecule has 6 atom stereocenters. The molecule has 0 spiro atoms. The topological polar surface area (TPSA) is 170 Å². The first-order valence-corrected chi connectivity index (χ1v) is 8.85. The molecule has 12 heteroatoms. The van der Waals surface area contributed by atoms with E-state index in [1.165, 1.54) is 6.92 Å². The Kier molecular flexibility index (Phi) is 9.95. The van der Waals surface area contributed by atoms with Crippen molar-refractivity contribution in [1.29, 1.82) is 0 Å². The summed E-state index contributed by atoms with van der Waals surface area (Å²) in [6, 6.07) is 0. The average molecular weight is 421 g/mol. The van der Waals surface area contributed by atoms with E-state index in [0.717, 1.165) is 20.8 Å². The van der Waals surface area contributed by atoms with E-state index in [2.05, 4.69) is 0 Å². The lowest BCUT2D eigenvalue weighted by Crippen LogP contribution is -2.63. The quantitative estimate of drug-likeness (QED) is 0.323. The standard InChI is InChI=1S/C17H27NO11/c1-8(19)24-7-13-14(26-9(2)20)15(27-10(3)21)16(28-11(4)22)17(29-13)25-6-12(23)5-18/h12-17,23H,5-7,18H2,1-4H3/t12?,13-,14+,15+,16-,17-/m1/s1. The minimum atomic E-state index is -1.34. The maximum absolute atomic E-state index is 11.6. The molecule has 3 N–H and O–H groups in total. The number of esters is 4.